The van der Waals surface area contributed by atoms with Gasteiger partial charge in [-0.15, -0.1) is 0 Å². The smallest absolute Gasteiger partial charge is 0.119 e. The van der Waals surface area contributed by atoms with Crippen LogP contribution in [0.2, 0.25) is 0 Å². The summed E-state index contributed by atoms with van der Waals surface area (Å²) >= 11 is 0. The van der Waals surface area contributed by atoms with Crippen molar-refractivity contribution in [2.75, 3.05) is 13.7 Å². The van der Waals surface area contributed by atoms with Crippen LogP contribution in [0.1, 0.15) is 19.3 Å². The van der Waals surface area contributed by atoms with Gasteiger partial charge in [-0.25, -0.2) is 0 Å². The van der Waals surface area contributed by atoms with Gasteiger partial charge in [-0.3, -0.25) is 0 Å². The van der Waals surface area contributed by atoms with E-state index in [1.807, 2.05) is 6.07 Å². The minimum atomic E-state index is 0.815. The highest BCUT2D eigenvalue weighted by Crippen LogP contribution is 2.22. The average molecular weight is 244 g/mol. The van der Waals surface area contributed by atoms with Gasteiger partial charge in [0, 0.05) is 29.7 Å². The number of hydrogen-bond donors (Lipinski definition) is 1. The molecular formula is C15H20N2O. The first-order chi connectivity index (χ1) is 8.86. The fraction of sp³-hybridized carbons (Fsp3) is 0.467. The van der Waals surface area contributed by atoms with Crippen molar-refractivity contribution in [2.45, 2.75) is 31.8 Å². The summed E-state index contributed by atoms with van der Waals surface area (Å²) in [5.74, 6) is 0.927. The Morgan fingerprint density at radius 3 is 3.00 bits per heavy atom. The highest BCUT2D eigenvalue weighted by atomic mass is 16.5. The molecule has 1 aromatic heterocycles. The molecule has 0 spiro atoms. The molecule has 0 amide bonds. The van der Waals surface area contributed by atoms with Crippen LogP contribution in [-0.2, 0) is 6.54 Å². The topological polar surface area (TPSA) is 26.2 Å². The minimum Gasteiger partial charge on any atom is -0.497 e. The van der Waals surface area contributed by atoms with Crippen LogP contribution in [0, 0.1) is 0 Å². The molecule has 1 heterocycles. The van der Waals surface area contributed by atoms with Crippen molar-refractivity contribution in [2.24, 2.45) is 0 Å². The van der Waals surface area contributed by atoms with E-state index in [2.05, 4.69) is 34.3 Å². The van der Waals surface area contributed by atoms with Crippen molar-refractivity contribution in [3.63, 3.8) is 0 Å². The Hall–Kier alpha value is -1.48. The zero-order chi connectivity index (χ0) is 12.4. The maximum atomic E-state index is 5.24. The molecule has 3 nitrogen and oxygen atoms in total. The molecule has 0 unspecified atom stereocenters. The molecule has 0 aliphatic heterocycles. The summed E-state index contributed by atoms with van der Waals surface area (Å²) in [4.78, 5) is 0. The van der Waals surface area contributed by atoms with Crippen molar-refractivity contribution in [3.05, 3.63) is 30.5 Å². The summed E-state index contributed by atoms with van der Waals surface area (Å²) in [7, 11) is 1.71. The summed E-state index contributed by atoms with van der Waals surface area (Å²) in [5, 5.41) is 4.81. The normalized spacial score (nSPS) is 15.2. The molecule has 0 radical (unpaired) electrons. The van der Waals surface area contributed by atoms with Crippen LogP contribution in [0.4, 0.5) is 0 Å². The lowest BCUT2D eigenvalue weighted by Crippen LogP contribution is -2.18. The van der Waals surface area contributed by atoms with E-state index in [-0.39, 0.29) is 0 Å². The second-order valence-electron chi connectivity index (χ2n) is 5.02. The van der Waals surface area contributed by atoms with E-state index in [0.29, 0.717) is 0 Å². The van der Waals surface area contributed by atoms with Gasteiger partial charge in [0.15, 0.2) is 0 Å². The van der Waals surface area contributed by atoms with Gasteiger partial charge in [-0.2, -0.15) is 0 Å². The zero-order valence-corrected chi connectivity index (χ0v) is 10.9. The number of ether oxygens (including phenoxy) is 1. The van der Waals surface area contributed by atoms with E-state index in [1.165, 1.54) is 30.2 Å². The molecule has 1 saturated carbocycles. The number of hydrogen-bond acceptors (Lipinski definition) is 2. The Morgan fingerprint density at radius 2 is 2.22 bits per heavy atom. The Bertz CT molecular complexity index is 528. The van der Waals surface area contributed by atoms with Crippen molar-refractivity contribution in [1.82, 2.24) is 9.88 Å². The molecule has 1 aromatic carbocycles. The Kier molecular flexibility index (Phi) is 3.24. The lowest BCUT2D eigenvalue weighted by Gasteiger charge is -2.07. The van der Waals surface area contributed by atoms with E-state index >= 15 is 0 Å². The lowest BCUT2D eigenvalue weighted by molar-refractivity contribution is 0.415. The molecule has 96 valence electrons. The van der Waals surface area contributed by atoms with Gasteiger partial charge in [-0.05, 0) is 50.1 Å². The van der Waals surface area contributed by atoms with E-state index in [1.54, 1.807) is 7.11 Å². The Balaban J connectivity index is 1.63. The highest BCUT2D eigenvalue weighted by molar-refractivity contribution is 5.81. The number of aromatic nitrogens is 1. The van der Waals surface area contributed by atoms with Gasteiger partial charge in [-0.1, -0.05) is 0 Å². The van der Waals surface area contributed by atoms with Crippen molar-refractivity contribution < 1.29 is 4.74 Å². The van der Waals surface area contributed by atoms with E-state index in [0.717, 1.165) is 24.9 Å². The van der Waals surface area contributed by atoms with Crippen molar-refractivity contribution in [1.29, 1.82) is 0 Å². The van der Waals surface area contributed by atoms with E-state index in [4.69, 9.17) is 4.74 Å². The second kappa shape index (κ2) is 5.02. The third-order valence-electron chi connectivity index (χ3n) is 3.56. The number of methoxy groups -OCH3 is 1. The molecule has 0 saturated heterocycles. The van der Waals surface area contributed by atoms with E-state index in [9.17, 15) is 0 Å². The van der Waals surface area contributed by atoms with Gasteiger partial charge in [0.1, 0.15) is 5.75 Å². The number of rotatable bonds is 6. The second-order valence-corrected chi connectivity index (χ2v) is 5.02. The number of fused-ring (bicyclic) bond motifs is 1. The van der Waals surface area contributed by atoms with Crippen LogP contribution in [-0.4, -0.2) is 24.3 Å². The summed E-state index contributed by atoms with van der Waals surface area (Å²) < 4.78 is 7.57. The largest absolute Gasteiger partial charge is 0.497 e. The molecular weight excluding hydrogens is 224 g/mol. The minimum absolute atomic E-state index is 0.815. The third kappa shape index (κ3) is 2.51. The first-order valence-electron chi connectivity index (χ1n) is 6.73. The predicted octanol–water partition coefficient (Wildman–Crippen LogP) is 2.79. The highest BCUT2D eigenvalue weighted by Gasteiger charge is 2.19. The number of nitrogens with zero attached hydrogens (tertiary/aromatic N) is 1. The molecule has 0 atom stereocenters. The summed E-state index contributed by atoms with van der Waals surface area (Å²) in [6, 6.07) is 9.24. The Labute approximate surface area is 108 Å². The first kappa shape index (κ1) is 11.6. The molecule has 2 aromatic rings. The summed E-state index contributed by atoms with van der Waals surface area (Å²) in [6.45, 7) is 2.20. The molecule has 0 bridgehead atoms. The molecule has 1 N–H and O–H groups in total. The molecule has 1 fully saturated rings. The summed E-state index contributed by atoms with van der Waals surface area (Å²) in [5.41, 5.74) is 1.29. The zero-order valence-electron chi connectivity index (χ0n) is 10.9. The third-order valence-corrected chi connectivity index (χ3v) is 3.56. The number of aryl methyl sites for hydroxylation is 1. The molecule has 3 heteroatoms. The van der Waals surface area contributed by atoms with Gasteiger partial charge < -0.3 is 14.6 Å². The van der Waals surface area contributed by atoms with Crippen molar-refractivity contribution in [3.8, 4) is 5.75 Å². The van der Waals surface area contributed by atoms with Crippen LogP contribution >= 0.6 is 0 Å². The van der Waals surface area contributed by atoms with Crippen LogP contribution in [0.3, 0.4) is 0 Å². The SMILES string of the molecule is COc1ccc2c(ccn2CCCNC2CC2)c1. The van der Waals surface area contributed by atoms with Crippen LogP contribution < -0.4 is 10.1 Å². The maximum Gasteiger partial charge on any atom is 0.119 e. The molecule has 1 aliphatic carbocycles. The maximum absolute atomic E-state index is 5.24. The van der Waals surface area contributed by atoms with Gasteiger partial charge in [0.05, 0.1) is 7.11 Å². The van der Waals surface area contributed by atoms with Crippen LogP contribution in [0.25, 0.3) is 10.9 Å². The average Bonchev–Trinajstić information content (AvgIpc) is 3.14. The quantitative estimate of drug-likeness (QED) is 0.791. The van der Waals surface area contributed by atoms with Crippen molar-refractivity contribution >= 4 is 10.9 Å². The van der Waals surface area contributed by atoms with Gasteiger partial charge in [0.25, 0.3) is 0 Å². The summed E-state index contributed by atoms with van der Waals surface area (Å²) in [6.07, 6.45) is 6.09. The van der Waals surface area contributed by atoms with Gasteiger partial charge >= 0.3 is 0 Å². The predicted molar refractivity (Wildman–Crippen MR) is 74.1 cm³/mol. The van der Waals surface area contributed by atoms with Gasteiger partial charge in [0.2, 0.25) is 0 Å². The van der Waals surface area contributed by atoms with E-state index < -0.39 is 0 Å². The lowest BCUT2D eigenvalue weighted by atomic mass is 10.2. The fourth-order valence-corrected chi connectivity index (χ4v) is 2.34. The molecule has 3 rings (SSSR count). The number of nitrogens with one attached hydrogen (secondary N) is 1. The van der Waals surface area contributed by atoms with Crippen LogP contribution in [0.15, 0.2) is 30.5 Å². The Morgan fingerprint density at radius 1 is 1.33 bits per heavy atom. The van der Waals surface area contributed by atoms with Crippen LogP contribution in [0.5, 0.6) is 5.75 Å². The molecule has 1 aliphatic rings. The molecule has 18 heavy (non-hydrogen) atoms. The number of benzene rings is 1. The fourth-order valence-electron chi connectivity index (χ4n) is 2.34. The standard InChI is InChI=1S/C15H20N2O/c1-18-14-5-6-15-12(11-14)7-10-17(15)9-2-8-16-13-3-4-13/h5-7,10-11,13,16H,2-4,8-9H2,1H3. The monoisotopic (exact) mass is 244 g/mol. The first-order valence-corrected chi connectivity index (χ1v) is 6.73.